The van der Waals surface area contributed by atoms with E-state index in [1.807, 2.05) is 0 Å². The van der Waals surface area contributed by atoms with Gasteiger partial charge in [-0.15, -0.1) is 0 Å². The number of benzene rings is 2. The summed E-state index contributed by atoms with van der Waals surface area (Å²) in [7, 11) is 0. The van der Waals surface area contributed by atoms with E-state index in [0.717, 1.165) is 49.4 Å². The third kappa shape index (κ3) is 4.18. The van der Waals surface area contributed by atoms with Crippen LogP contribution in [0.2, 0.25) is 0 Å². The molecule has 2 aliphatic rings. The maximum Gasteiger partial charge on any atom is 0.125 e. The molecule has 1 saturated heterocycles. The zero-order valence-electron chi connectivity index (χ0n) is 17.6. The number of likely N-dealkylation sites (tertiary alicyclic amines) is 1. The lowest BCUT2D eigenvalue weighted by Crippen LogP contribution is -2.42. The molecule has 2 aromatic carbocycles. The molecule has 0 saturated carbocycles. The molecule has 0 radical (unpaired) electrons. The van der Waals surface area contributed by atoms with Crippen LogP contribution in [0.25, 0.3) is 0 Å². The summed E-state index contributed by atoms with van der Waals surface area (Å²) < 4.78 is 13.8. The highest BCUT2D eigenvalue weighted by Crippen LogP contribution is 2.39. The fraction of sp³-hybridized carbons (Fsp3) is 0.440. The maximum absolute atomic E-state index is 13.8. The van der Waals surface area contributed by atoms with Crippen molar-refractivity contribution in [3.63, 3.8) is 0 Å². The normalized spacial score (nSPS) is 20.5. The van der Waals surface area contributed by atoms with Crippen molar-refractivity contribution < 1.29 is 4.39 Å². The zero-order valence-corrected chi connectivity index (χ0v) is 17.6. The van der Waals surface area contributed by atoms with Crippen molar-refractivity contribution in [2.45, 2.75) is 51.5 Å². The van der Waals surface area contributed by atoms with Gasteiger partial charge in [0.15, 0.2) is 0 Å². The van der Waals surface area contributed by atoms with Crippen molar-refractivity contribution in [1.29, 1.82) is 0 Å². The molecule has 3 nitrogen and oxygen atoms in total. The lowest BCUT2D eigenvalue weighted by molar-refractivity contribution is 0.226. The van der Waals surface area contributed by atoms with E-state index in [1.54, 1.807) is 6.07 Å². The molecule has 154 valence electrons. The number of nitrogens with two attached hydrogens (primary N) is 1. The van der Waals surface area contributed by atoms with E-state index >= 15 is 0 Å². The molecule has 2 aromatic rings. The highest BCUT2D eigenvalue weighted by Gasteiger charge is 2.29. The van der Waals surface area contributed by atoms with Gasteiger partial charge in [-0.3, -0.25) is 4.90 Å². The van der Waals surface area contributed by atoms with Crippen molar-refractivity contribution in [2.24, 2.45) is 0 Å². The molecule has 0 aromatic heterocycles. The zero-order chi connectivity index (χ0) is 20.5. The average Bonchev–Trinajstić information content (AvgIpc) is 2.69. The first-order chi connectivity index (χ1) is 13.9. The van der Waals surface area contributed by atoms with E-state index < -0.39 is 0 Å². The molecule has 0 spiro atoms. The molecule has 1 unspecified atom stereocenters. The second-order valence-corrected chi connectivity index (χ2v) is 8.79. The summed E-state index contributed by atoms with van der Waals surface area (Å²) in [4.78, 5) is 4.74. The van der Waals surface area contributed by atoms with Gasteiger partial charge in [-0.05, 0) is 81.8 Å². The topological polar surface area (TPSA) is 32.5 Å². The largest absolute Gasteiger partial charge is 0.397 e. The first-order valence-corrected chi connectivity index (χ1v) is 10.8. The molecule has 29 heavy (non-hydrogen) atoms. The minimum atomic E-state index is -0.250. The number of halogens is 1. The molecule has 4 rings (SSSR count). The second kappa shape index (κ2) is 8.19. The van der Waals surface area contributed by atoms with Gasteiger partial charge >= 0.3 is 0 Å². The summed E-state index contributed by atoms with van der Waals surface area (Å²) in [6.45, 7) is 11.7. The van der Waals surface area contributed by atoms with Crippen molar-refractivity contribution >= 4 is 11.4 Å². The van der Waals surface area contributed by atoms with Gasteiger partial charge in [0.05, 0.1) is 11.4 Å². The number of anilines is 2. The monoisotopic (exact) mass is 393 g/mol. The van der Waals surface area contributed by atoms with E-state index in [9.17, 15) is 4.39 Å². The Kier molecular flexibility index (Phi) is 5.64. The van der Waals surface area contributed by atoms with Gasteiger partial charge in [0.2, 0.25) is 0 Å². The first kappa shape index (κ1) is 20.0. The fourth-order valence-electron chi connectivity index (χ4n) is 4.94. The summed E-state index contributed by atoms with van der Waals surface area (Å²) in [6.07, 6.45) is 4.21. The predicted molar refractivity (Wildman–Crippen MR) is 120 cm³/mol. The number of aryl methyl sites for hydroxylation is 2. The van der Waals surface area contributed by atoms with Crippen LogP contribution in [0, 0.1) is 12.7 Å². The number of hydrogen-bond donors (Lipinski definition) is 1. The van der Waals surface area contributed by atoms with Crippen LogP contribution in [-0.4, -0.2) is 30.6 Å². The van der Waals surface area contributed by atoms with Gasteiger partial charge < -0.3 is 10.6 Å². The molecular weight excluding hydrogens is 361 g/mol. The van der Waals surface area contributed by atoms with Crippen molar-refractivity contribution in [1.82, 2.24) is 4.90 Å². The fourth-order valence-corrected chi connectivity index (χ4v) is 4.94. The quantitative estimate of drug-likeness (QED) is 0.720. The van der Waals surface area contributed by atoms with Crippen molar-refractivity contribution in [3.8, 4) is 0 Å². The smallest absolute Gasteiger partial charge is 0.125 e. The van der Waals surface area contributed by atoms with Crippen LogP contribution in [0.1, 0.15) is 48.8 Å². The van der Waals surface area contributed by atoms with Gasteiger partial charge in [0.25, 0.3) is 0 Å². The Bertz CT molecular complexity index is 882. The summed E-state index contributed by atoms with van der Waals surface area (Å²) in [5, 5.41) is 0. The number of piperidine rings is 1. The molecule has 1 fully saturated rings. The Balaban J connectivity index is 1.42. The van der Waals surface area contributed by atoms with Crippen LogP contribution < -0.4 is 10.6 Å². The molecule has 0 amide bonds. The molecule has 2 aliphatic heterocycles. The van der Waals surface area contributed by atoms with Crippen LogP contribution in [0.4, 0.5) is 15.8 Å². The van der Waals surface area contributed by atoms with Crippen LogP contribution in [0.15, 0.2) is 48.7 Å². The number of nitrogen functional groups attached to an aromatic ring is 1. The molecule has 0 bridgehead atoms. The third-order valence-electron chi connectivity index (χ3n) is 6.58. The Hall–Kier alpha value is -2.33. The van der Waals surface area contributed by atoms with E-state index in [4.69, 9.17) is 5.73 Å². The van der Waals surface area contributed by atoms with Crippen LogP contribution in [-0.2, 0) is 6.42 Å². The predicted octanol–water partition coefficient (Wildman–Crippen LogP) is 5.25. The summed E-state index contributed by atoms with van der Waals surface area (Å²) >= 11 is 0. The van der Waals surface area contributed by atoms with E-state index in [2.05, 4.69) is 54.5 Å². The molecule has 1 atom stereocenters. The molecular formula is C25H32FN3. The molecule has 0 aliphatic carbocycles. The van der Waals surface area contributed by atoms with E-state index in [1.165, 1.54) is 30.0 Å². The number of rotatable bonds is 4. The molecule has 2 N–H and O–H groups in total. The summed E-state index contributed by atoms with van der Waals surface area (Å²) in [5.74, 6) is 0.396. The van der Waals surface area contributed by atoms with Crippen LogP contribution in [0.5, 0.6) is 0 Å². The van der Waals surface area contributed by atoms with Gasteiger partial charge in [0, 0.05) is 18.3 Å². The number of hydrogen-bond acceptors (Lipinski definition) is 3. The average molecular weight is 394 g/mol. The summed E-state index contributed by atoms with van der Waals surface area (Å²) in [5.41, 5.74) is 12.5. The van der Waals surface area contributed by atoms with Gasteiger partial charge in [0.1, 0.15) is 5.82 Å². The van der Waals surface area contributed by atoms with Crippen molar-refractivity contribution in [2.75, 3.05) is 30.3 Å². The van der Waals surface area contributed by atoms with Crippen LogP contribution >= 0.6 is 0 Å². The Labute approximate surface area is 174 Å². The number of fused-ring (bicyclic) bond motifs is 1. The molecule has 2 heterocycles. The first-order valence-electron chi connectivity index (χ1n) is 10.8. The van der Waals surface area contributed by atoms with Gasteiger partial charge in [-0.2, -0.15) is 0 Å². The minimum absolute atomic E-state index is 0.250. The Morgan fingerprint density at radius 2 is 1.83 bits per heavy atom. The minimum Gasteiger partial charge on any atom is -0.397 e. The maximum atomic E-state index is 13.8. The SMILES string of the molecule is C=C(CN1CCC(c2ccc(C)cc2)CC1)N1c2c(N)cc(F)cc2CCC1C. The van der Waals surface area contributed by atoms with Gasteiger partial charge in [-0.1, -0.05) is 36.4 Å². The van der Waals surface area contributed by atoms with Crippen LogP contribution in [0.3, 0.4) is 0 Å². The third-order valence-corrected chi connectivity index (χ3v) is 6.58. The highest BCUT2D eigenvalue weighted by molar-refractivity contribution is 5.75. The number of nitrogens with zero attached hydrogens (tertiary/aromatic N) is 2. The van der Waals surface area contributed by atoms with Crippen molar-refractivity contribution in [3.05, 3.63) is 71.2 Å². The standard InChI is InChI=1S/C25H32FN3/c1-17-4-7-20(8-5-17)21-10-12-28(13-11-21)16-19(3)29-18(2)6-9-22-14-23(26)15-24(27)25(22)29/h4-5,7-8,14-15,18,21H,3,6,9-13,16,27H2,1-2H3. The Morgan fingerprint density at radius 3 is 2.52 bits per heavy atom. The van der Waals surface area contributed by atoms with E-state index in [-0.39, 0.29) is 5.82 Å². The highest BCUT2D eigenvalue weighted by atomic mass is 19.1. The molecule has 4 heteroatoms. The Morgan fingerprint density at radius 1 is 1.14 bits per heavy atom. The second-order valence-electron chi connectivity index (χ2n) is 8.79. The van der Waals surface area contributed by atoms with Gasteiger partial charge in [-0.25, -0.2) is 4.39 Å². The lowest BCUT2D eigenvalue weighted by atomic mass is 9.89. The summed E-state index contributed by atoms with van der Waals surface area (Å²) in [6, 6.07) is 12.4. The van der Waals surface area contributed by atoms with E-state index in [0.29, 0.717) is 17.6 Å². The lowest BCUT2D eigenvalue weighted by Gasteiger charge is -2.41.